The second-order valence-corrected chi connectivity index (χ2v) is 6.71. The minimum atomic E-state index is 0.486. The zero-order chi connectivity index (χ0) is 18.6. The lowest BCUT2D eigenvalue weighted by Gasteiger charge is -2.10. The van der Waals surface area contributed by atoms with Crippen molar-refractivity contribution in [3.8, 4) is 23.0 Å². The quantitative estimate of drug-likeness (QED) is 0.473. The standard InChI is InChI=1S/C18H13ClN6OS/c1-26-15-8-11-21-17(22-15)27-18-24-23-16(12-6-9-20-10-7-12)25(18)14-4-2-13(19)3-5-14/h2-11H,1H3. The van der Waals surface area contributed by atoms with Crippen molar-refractivity contribution in [2.45, 2.75) is 10.3 Å². The number of halogens is 1. The smallest absolute Gasteiger partial charge is 0.217 e. The maximum Gasteiger partial charge on any atom is 0.217 e. The van der Waals surface area contributed by atoms with E-state index in [1.54, 1.807) is 31.8 Å². The first-order chi connectivity index (χ1) is 13.2. The van der Waals surface area contributed by atoms with Crippen LogP contribution in [0, 0.1) is 0 Å². The summed E-state index contributed by atoms with van der Waals surface area (Å²) < 4.78 is 7.10. The summed E-state index contributed by atoms with van der Waals surface area (Å²) in [6.07, 6.45) is 5.07. The van der Waals surface area contributed by atoms with Crippen molar-refractivity contribution in [2.24, 2.45) is 0 Å². The number of rotatable bonds is 5. The van der Waals surface area contributed by atoms with Gasteiger partial charge in [0.2, 0.25) is 11.0 Å². The fraction of sp³-hybridized carbons (Fsp3) is 0.0556. The molecule has 1 aromatic carbocycles. The Balaban J connectivity index is 1.81. The van der Waals surface area contributed by atoms with Crippen molar-refractivity contribution < 1.29 is 4.74 Å². The van der Waals surface area contributed by atoms with E-state index in [1.165, 1.54) is 11.8 Å². The van der Waals surface area contributed by atoms with Crippen molar-refractivity contribution in [3.05, 3.63) is 66.1 Å². The fourth-order valence-corrected chi connectivity index (χ4v) is 3.32. The van der Waals surface area contributed by atoms with Gasteiger partial charge < -0.3 is 4.74 Å². The van der Waals surface area contributed by atoms with E-state index in [4.69, 9.17) is 16.3 Å². The van der Waals surface area contributed by atoms with Crippen molar-refractivity contribution in [1.29, 1.82) is 0 Å². The van der Waals surface area contributed by atoms with Gasteiger partial charge in [-0.3, -0.25) is 9.55 Å². The van der Waals surface area contributed by atoms with Gasteiger partial charge in [-0.15, -0.1) is 10.2 Å². The predicted octanol–water partition coefficient (Wildman–Crippen LogP) is 3.93. The number of methoxy groups -OCH3 is 1. The SMILES string of the molecule is COc1ccnc(Sc2nnc(-c3ccncc3)n2-c2ccc(Cl)cc2)n1. The molecule has 0 aliphatic heterocycles. The summed E-state index contributed by atoms with van der Waals surface area (Å²) in [6.45, 7) is 0. The van der Waals surface area contributed by atoms with Gasteiger partial charge in [0.05, 0.1) is 7.11 Å². The fourth-order valence-electron chi connectivity index (χ4n) is 2.42. The summed E-state index contributed by atoms with van der Waals surface area (Å²) in [5.41, 5.74) is 1.77. The highest BCUT2D eigenvalue weighted by Crippen LogP contribution is 2.31. The van der Waals surface area contributed by atoms with Gasteiger partial charge in [0, 0.05) is 40.9 Å². The second kappa shape index (κ2) is 7.73. The molecule has 0 spiro atoms. The van der Waals surface area contributed by atoms with E-state index >= 15 is 0 Å². The van der Waals surface area contributed by atoms with Crippen molar-refractivity contribution in [2.75, 3.05) is 7.11 Å². The van der Waals surface area contributed by atoms with Crippen LogP contribution in [0.4, 0.5) is 0 Å². The lowest BCUT2D eigenvalue weighted by Crippen LogP contribution is -2.00. The van der Waals surface area contributed by atoms with Crippen molar-refractivity contribution >= 4 is 23.4 Å². The Morgan fingerprint density at radius 2 is 1.74 bits per heavy atom. The van der Waals surface area contributed by atoms with Crippen LogP contribution < -0.4 is 4.74 Å². The molecule has 4 aromatic rings. The molecular weight excluding hydrogens is 384 g/mol. The van der Waals surface area contributed by atoms with E-state index in [9.17, 15) is 0 Å². The molecule has 7 nitrogen and oxygen atoms in total. The van der Waals surface area contributed by atoms with E-state index in [-0.39, 0.29) is 0 Å². The molecule has 134 valence electrons. The number of benzene rings is 1. The molecule has 0 amide bonds. The number of hydrogen-bond donors (Lipinski definition) is 0. The van der Waals surface area contributed by atoms with Crippen molar-refractivity contribution in [3.63, 3.8) is 0 Å². The summed E-state index contributed by atoms with van der Waals surface area (Å²) in [5, 5.41) is 10.5. The molecule has 0 N–H and O–H groups in total. The molecular formula is C18H13ClN6OS. The van der Waals surface area contributed by atoms with Gasteiger partial charge in [-0.25, -0.2) is 4.98 Å². The van der Waals surface area contributed by atoms with Crippen LogP contribution in [-0.4, -0.2) is 36.8 Å². The van der Waals surface area contributed by atoms with E-state index in [0.29, 0.717) is 27.0 Å². The second-order valence-electron chi connectivity index (χ2n) is 5.34. The highest BCUT2D eigenvalue weighted by Gasteiger charge is 2.18. The van der Waals surface area contributed by atoms with Crippen LogP contribution in [0.3, 0.4) is 0 Å². The van der Waals surface area contributed by atoms with Crippen LogP contribution >= 0.6 is 23.4 Å². The first-order valence-electron chi connectivity index (χ1n) is 7.91. The van der Waals surface area contributed by atoms with E-state index in [1.807, 2.05) is 41.0 Å². The Morgan fingerprint density at radius 1 is 0.963 bits per heavy atom. The molecule has 0 fully saturated rings. The predicted molar refractivity (Wildman–Crippen MR) is 102 cm³/mol. The molecule has 0 saturated heterocycles. The lowest BCUT2D eigenvalue weighted by molar-refractivity contribution is 0.392. The minimum Gasteiger partial charge on any atom is -0.481 e. The molecule has 0 aliphatic carbocycles. The number of ether oxygens (including phenoxy) is 1. The van der Waals surface area contributed by atoms with Gasteiger partial charge in [-0.2, -0.15) is 4.98 Å². The largest absolute Gasteiger partial charge is 0.481 e. The van der Waals surface area contributed by atoms with Crippen LogP contribution in [0.25, 0.3) is 17.1 Å². The summed E-state index contributed by atoms with van der Waals surface area (Å²) >= 11 is 7.34. The van der Waals surface area contributed by atoms with E-state index in [0.717, 1.165) is 11.3 Å². The number of nitrogens with zero attached hydrogens (tertiary/aromatic N) is 6. The maximum atomic E-state index is 6.04. The van der Waals surface area contributed by atoms with Crippen LogP contribution in [0.1, 0.15) is 0 Å². The molecule has 4 rings (SSSR count). The molecule has 0 bridgehead atoms. The van der Waals surface area contributed by atoms with Gasteiger partial charge >= 0.3 is 0 Å². The summed E-state index contributed by atoms with van der Waals surface area (Å²) in [4.78, 5) is 12.7. The Labute approximate surface area is 164 Å². The Morgan fingerprint density at radius 3 is 2.48 bits per heavy atom. The van der Waals surface area contributed by atoms with Gasteiger partial charge in [-0.1, -0.05) is 11.6 Å². The monoisotopic (exact) mass is 396 g/mol. The van der Waals surface area contributed by atoms with E-state index < -0.39 is 0 Å². The molecule has 0 aliphatic rings. The highest BCUT2D eigenvalue weighted by molar-refractivity contribution is 7.99. The molecule has 0 saturated carbocycles. The van der Waals surface area contributed by atoms with Gasteiger partial charge in [0.25, 0.3) is 0 Å². The van der Waals surface area contributed by atoms with Crippen LogP contribution in [-0.2, 0) is 0 Å². The zero-order valence-electron chi connectivity index (χ0n) is 14.2. The van der Waals surface area contributed by atoms with E-state index in [2.05, 4.69) is 25.1 Å². The Kier molecular flexibility index (Phi) is 4.99. The first-order valence-corrected chi connectivity index (χ1v) is 9.10. The molecule has 3 aromatic heterocycles. The first kappa shape index (κ1) is 17.4. The molecule has 0 unspecified atom stereocenters. The maximum absolute atomic E-state index is 6.04. The van der Waals surface area contributed by atoms with Gasteiger partial charge in [0.15, 0.2) is 11.0 Å². The molecule has 9 heteroatoms. The van der Waals surface area contributed by atoms with Crippen molar-refractivity contribution in [1.82, 2.24) is 29.7 Å². The van der Waals surface area contributed by atoms with Gasteiger partial charge in [0.1, 0.15) is 0 Å². The molecule has 27 heavy (non-hydrogen) atoms. The third-order valence-electron chi connectivity index (χ3n) is 3.66. The van der Waals surface area contributed by atoms with Crippen LogP contribution in [0.5, 0.6) is 5.88 Å². The van der Waals surface area contributed by atoms with Gasteiger partial charge in [-0.05, 0) is 48.2 Å². The molecule has 3 heterocycles. The highest BCUT2D eigenvalue weighted by atomic mass is 35.5. The van der Waals surface area contributed by atoms with Crippen LogP contribution in [0.15, 0.2) is 71.4 Å². The third kappa shape index (κ3) is 3.76. The Hall–Kier alpha value is -2.97. The summed E-state index contributed by atoms with van der Waals surface area (Å²) in [5.74, 6) is 1.17. The molecule has 0 radical (unpaired) electrons. The lowest BCUT2D eigenvalue weighted by atomic mass is 10.2. The normalized spacial score (nSPS) is 10.7. The number of hydrogen-bond acceptors (Lipinski definition) is 7. The zero-order valence-corrected chi connectivity index (χ0v) is 15.7. The average molecular weight is 397 g/mol. The number of aromatic nitrogens is 6. The van der Waals surface area contributed by atoms with Crippen LogP contribution in [0.2, 0.25) is 5.02 Å². The minimum absolute atomic E-state index is 0.486. The molecule has 0 atom stereocenters. The average Bonchev–Trinajstić information content (AvgIpc) is 3.13. The summed E-state index contributed by atoms with van der Waals surface area (Å²) in [6, 6.07) is 12.9. The Bertz CT molecular complexity index is 1060. The number of pyridine rings is 1. The summed E-state index contributed by atoms with van der Waals surface area (Å²) in [7, 11) is 1.56. The topological polar surface area (TPSA) is 78.6 Å². The third-order valence-corrected chi connectivity index (χ3v) is 4.73.